The molecule has 2 atom stereocenters. The molecule has 0 bridgehead atoms. The van der Waals surface area contributed by atoms with Gasteiger partial charge in [0.15, 0.2) is 0 Å². The molecule has 0 spiro atoms. The maximum atomic E-state index is 12.3. The van der Waals surface area contributed by atoms with Gasteiger partial charge in [0.1, 0.15) is 0 Å². The Morgan fingerprint density at radius 3 is 2.47 bits per heavy atom. The van der Waals surface area contributed by atoms with Crippen molar-refractivity contribution in [3.05, 3.63) is 24.3 Å². The summed E-state index contributed by atoms with van der Waals surface area (Å²) in [7, 11) is -3.42. The summed E-state index contributed by atoms with van der Waals surface area (Å²) in [5, 5.41) is 0. The van der Waals surface area contributed by atoms with Gasteiger partial charge in [0.05, 0.1) is 4.90 Å². The Balaban J connectivity index is 2.06. The van der Waals surface area contributed by atoms with Crippen molar-refractivity contribution in [1.29, 1.82) is 0 Å². The number of nitrogens with one attached hydrogen (secondary N) is 1. The largest absolute Gasteiger partial charge is 0.399 e. The fourth-order valence-corrected chi connectivity index (χ4v) is 3.84. The van der Waals surface area contributed by atoms with E-state index in [1.165, 1.54) is 6.42 Å². The minimum atomic E-state index is -3.42. The molecule has 0 amide bonds. The Morgan fingerprint density at radius 1 is 1.11 bits per heavy atom. The second kappa shape index (κ2) is 5.92. The summed E-state index contributed by atoms with van der Waals surface area (Å²) in [6, 6.07) is 6.40. The molecular weight excluding hydrogens is 260 g/mol. The lowest BCUT2D eigenvalue weighted by Gasteiger charge is -2.16. The monoisotopic (exact) mass is 282 g/mol. The van der Waals surface area contributed by atoms with Gasteiger partial charge in [0.2, 0.25) is 10.0 Å². The zero-order valence-corrected chi connectivity index (χ0v) is 12.1. The zero-order valence-electron chi connectivity index (χ0n) is 11.3. The standard InChI is InChI=1S/C14H22N2O2S/c1-11-3-2-4-13(8-5-11)16-19(17,18)14-9-6-12(15)7-10-14/h6-7,9-11,13,16H,2-5,8,15H2,1H3. The van der Waals surface area contributed by atoms with Crippen LogP contribution in [0.5, 0.6) is 0 Å². The maximum Gasteiger partial charge on any atom is 0.240 e. The van der Waals surface area contributed by atoms with Crippen molar-refractivity contribution in [2.75, 3.05) is 5.73 Å². The van der Waals surface area contributed by atoms with Crippen molar-refractivity contribution in [1.82, 2.24) is 4.72 Å². The number of anilines is 1. The van der Waals surface area contributed by atoms with Crippen molar-refractivity contribution in [3.8, 4) is 0 Å². The minimum Gasteiger partial charge on any atom is -0.399 e. The van der Waals surface area contributed by atoms with Crippen LogP contribution in [0.25, 0.3) is 0 Å². The summed E-state index contributed by atoms with van der Waals surface area (Å²) in [6.07, 6.45) is 5.24. The maximum absolute atomic E-state index is 12.3. The molecule has 5 heteroatoms. The van der Waals surface area contributed by atoms with Crippen molar-refractivity contribution in [2.45, 2.75) is 50.0 Å². The highest BCUT2D eigenvalue weighted by Crippen LogP contribution is 2.24. The Bertz CT molecular complexity index is 511. The minimum absolute atomic E-state index is 0.0625. The molecule has 0 aromatic heterocycles. The number of hydrogen-bond donors (Lipinski definition) is 2. The third-order valence-electron chi connectivity index (χ3n) is 3.77. The molecule has 0 saturated heterocycles. The molecule has 3 N–H and O–H groups in total. The van der Waals surface area contributed by atoms with E-state index in [2.05, 4.69) is 11.6 Å². The van der Waals surface area contributed by atoms with Crippen LogP contribution in [-0.4, -0.2) is 14.5 Å². The van der Waals surface area contributed by atoms with Crippen molar-refractivity contribution >= 4 is 15.7 Å². The van der Waals surface area contributed by atoms with E-state index < -0.39 is 10.0 Å². The van der Waals surface area contributed by atoms with Crippen molar-refractivity contribution < 1.29 is 8.42 Å². The number of nitrogens with two attached hydrogens (primary N) is 1. The predicted octanol–water partition coefficient (Wildman–Crippen LogP) is 2.52. The van der Waals surface area contributed by atoms with E-state index in [4.69, 9.17) is 5.73 Å². The van der Waals surface area contributed by atoms with Gasteiger partial charge in [-0.2, -0.15) is 0 Å². The summed E-state index contributed by atoms with van der Waals surface area (Å²) in [4.78, 5) is 0.291. The van der Waals surface area contributed by atoms with Crippen LogP contribution in [0.3, 0.4) is 0 Å². The van der Waals surface area contributed by atoms with Gasteiger partial charge in [-0.3, -0.25) is 0 Å². The van der Waals surface area contributed by atoms with E-state index in [-0.39, 0.29) is 6.04 Å². The first-order chi connectivity index (χ1) is 8.97. The number of rotatable bonds is 3. The smallest absolute Gasteiger partial charge is 0.240 e. The molecule has 106 valence electrons. The molecule has 0 aliphatic heterocycles. The number of hydrogen-bond acceptors (Lipinski definition) is 3. The number of nitrogen functional groups attached to an aromatic ring is 1. The quantitative estimate of drug-likeness (QED) is 0.661. The third kappa shape index (κ3) is 3.94. The first-order valence-corrected chi connectivity index (χ1v) is 8.33. The first kappa shape index (κ1) is 14.3. The lowest BCUT2D eigenvalue weighted by atomic mass is 10.0. The highest BCUT2D eigenvalue weighted by Gasteiger charge is 2.22. The van der Waals surface area contributed by atoms with Crippen LogP contribution in [0, 0.1) is 5.92 Å². The normalized spacial score (nSPS) is 24.9. The van der Waals surface area contributed by atoms with Gasteiger partial charge in [-0.15, -0.1) is 0 Å². The third-order valence-corrected chi connectivity index (χ3v) is 5.31. The molecule has 1 fully saturated rings. The molecule has 2 rings (SSSR count). The van der Waals surface area contributed by atoms with E-state index >= 15 is 0 Å². The van der Waals surface area contributed by atoms with E-state index in [0.29, 0.717) is 16.5 Å². The van der Waals surface area contributed by atoms with Crippen LogP contribution < -0.4 is 10.5 Å². The summed E-state index contributed by atoms with van der Waals surface area (Å²) in [6.45, 7) is 2.23. The van der Waals surface area contributed by atoms with Gasteiger partial charge >= 0.3 is 0 Å². The van der Waals surface area contributed by atoms with Crippen molar-refractivity contribution in [2.24, 2.45) is 5.92 Å². The molecular formula is C14H22N2O2S. The molecule has 4 nitrogen and oxygen atoms in total. The molecule has 19 heavy (non-hydrogen) atoms. The summed E-state index contributed by atoms with van der Waals surface area (Å²) in [5.74, 6) is 0.700. The molecule has 1 aliphatic rings. The second-order valence-corrected chi connectivity index (χ2v) is 7.21. The van der Waals surface area contributed by atoms with Gasteiger partial charge in [-0.05, 0) is 49.4 Å². The predicted molar refractivity (Wildman–Crippen MR) is 77.2 cm³/mol. The second-order valence-electron chi connectivity index (χ2n) is 5.50. The Labute approximate surface area is 115 Å². The number of sulfonamides is 1. The summed E-state index contributed by atoms with van der Waals surface area (Å²) < 4.78 is 27.3. The lowest BCUT2D eigenvalue weighted by molar-refractivity contribution is 0.484. The number of benzene rings is 1. The van der Waals surface area contributed by atoms with Crippen LogP contribution in [0.2, 0.25) is 0 Å². The highest BCUT2D eigenvalue weighted by atomic mass is 32.2. The Hall–Kier alpha value is -1.07. The lowest BCUT2D eigenvalue weighted by Crippen LogP contribution is -2.34. The van der Waals surface area contributed by atoms with Gasteiger partial charge in [0, 0.05) is 11.7 Å². The zero-order chi connectivity index (χ0) is 13.9. The molecule has 1 aromatic rings. The SMILES string of the molecule is CC1CCCC(NS(=O)(=O)c2ccc(N)cc2)CC1. The van der Waals surface area contributed by atoms with E-state index in [1.807, 2.05) is 0 Å². The van der Waals surface area contributed by atoms with Crippen LogP contribution in [0.4, 0.5) is 5.69 Å². The Morgan fingerprint density at radius 2 is 1.79 bits per heavy atom. The van der Waals surface area contributed by atoms with Crippen LogP contribution in [0.15, 0.2) is 29.2 Å². The first-order valence-electron chi connectivity index (χ1n) is 6.85. The van der Waals surface area contributed by atoms with Gasteiger partial charge in [0.25, 0.3) is 0 Å². The van der Waals surface area contributed by atoms with E-state index in [0.717, 1.165) is 25.7 Å². The van der Waals surface area contributed by atoms with Crippen LogP contribution in [0.1, 0.15) is 39.0 Å². The van der Waals surface area contributed by atoms with Gasteiger partial charge in [-0.25, -0.2) is 13.1 Å². The van der Waals surface area contributed by atoms with E-state index in [9.17, 15) is 8.42 Å². The van der Waals surface area contributed by atoms with Crippen LogP contribution >= 0.6 is 0 Å². The molecule has 1 aromatic carbocycles. The van der Waals surface area contributed by atoms with Crippen molar-refractivity contribution in [3.63, 3.8) is 0 Å². The summed E-state index contributed by atoms with van der Waals surface area (Å²) >= 11 is 0. The Kier molecular flexibility index (Phi) is 4.47. The highest BCUT2D eigenvalue weighted by molar-refractivity contribution is 7.89. The topological polar surface area (TPSA) is 72.2 Å². The molecule has 2 unspecified atom stereocenters. The average molecular weight is 282 g/mol. The molecule has 1 aliphatic carbocycles. The fraction of sp³-hybridized carbons (Fsp3) is 0.571. The molecule has 1 saturated carbocycles. The molecule has 0 heterocycles. The van der Waals surface area contributed by atoms with E-state index in [1.54, 1.807) is 24.3 Å². The fourth-order valence-electron chi connectivity index (χ4n) is 2.54. The molecule has 0 radical (unpaired) electrons. The van der Waals surface area contributed by atoms with Gasteiger partial charge in [-0.1, -0.05) is 19.8 Å². The summed E-state index contributed by atoms with van der Waals surface area (Å²) in [5.41, 5.74) is 6.15. The van der Waals surface area contributed by atoms with Crippen LogP contribution in [-0.2, 0) is 10.0 Å². The average Bonchev–Trinajstić information content (AvgIpc) is 2.54. The van der Waals surface area contributed by atoms with Gasteiger partial charge < -0.3 is 5.73 Å².